The van der Waals surface area contributed by atoms with Gasteiger partial charge in [0, 0.05) is 48.9 Å². The van der Waals surface area contributed by atoms with Gasteiger partial charge in [-0.05, 0) is 119 Å². The molecule has 204 valence electrons. The van der Waals surface area contributed by atoms with Crippen LogP contribution in [0.2, 0.25) is 0 Å². The molecule has 0 aliphatic heterocycles. The molecule has 2 aromatic carbocycles. The number of hydrogen-bond donors (Lipinski definition) is 0. The Morgan fingerprint density at radius 2 is 0.846 bits per heavy atom. The van der Waals surface area contributed by atoms with E-state index >= 15 is 26.3 Å². The number of hydrogen-bond acceptors (Lipinski definition) is 2. The first-order valence-corrected chi connectivity index (χ1v) is 15.5. The first-order chi connectivity index (χ1) is 18.1. The highest BCUT2D eigenvalue weighted by Gasteiger charge is 2.80. The van der Waals surface area contributed by atoms with Crippen LogP contribution in [0.5, 0.6) is 0 Å². The number of aryl methyl sites for hydroxylation is 2. The van der Waals surface area contributed by atoms with E-state index in [-0.39, 0.29) is 32.0 Å². The Kier molecular flexibility index (Phi) is 7.37. The Hall–Kier alpha value is -1.38. The second-order valence-electron chi connectivity index (χ2n) is 9.46. The van der Waals surface area contributed by atoms with Crippen LogP contribution in [0.3, 0.4) is 0 Å². The third-order valence-corrected chi connectivity index (χ3v) is 11.0. The second-order valence-corrected chi connectivity index (χ2v) is 14.4. The normalized spacial score (nSPS) is 17.7. The summed E-state index contributed by atoms with van der Waals surface area (Å²) in [5, 5.41) is 0. The maximum atomic E-state index is 15.7. The third kappa shape index (κ3) is 4.34. The average molecular weight is 800 g/mol. The number of benzene rings is 2. The summed E-state index contributed by atoms with van der Waals surface area (Å²) in [5.74, 6) is -15.8. The summed E-state index contributed by atoms with van der Waals surface area (Å²) in [5.41, 5.74) is -1.04. The van der Waals surface area contributed by atoms with Crippen LogP contribution >= 0.6 is 67.9 Å². The van der Waals surface area contributed by atoms with Gasteiger partial charge in [-0.3, -0.25) is 0 Å². The van der Waals surface area contributed by atoms with Crippen molar-refractivity contribution < 1.29 is 26.3 Å². The lowest BCUT2D eigenvalue weighted by molar-refractivity contribution is -0.254. The number of halogens is 8. The number of rotatable bonds is 4. The highest BCUT2D eigenvalue weighted by Crippen LogP contribution is 2.67. The molecular weight excluding hydrogens is 780 g/mol. The van der Waals surface area contributed by atoms with Crippen molar-refractivity contribution in [1.82, 2.24) is 0 Å². The molecule has 0 fully saturated rings. The topological polar surface area (TPSA) is 0 Å². The zero-order valence-corrected chi connectivity index (χ0v) is 26.9. The van der Waals surface area contributed by atoms with Crippen molar-refractivity contribution in [2.24, 2.45) is 0 Å². The molecule has 0 N–H and O–H groups in total. The fraction of sp³-hybridized carbons (Fsp3) is 0.241. The Morgan fingerprint density at radius 1 is 0.538 bits per heavy atom. The Labute approximate surface area is 257 Å². The van der Waals surface area contributed by atoms with Gasteiger partial charge in [0.15, 0.2) is 0 Å². The highest BCUT2D eigenvalue weighted by atomic mass is 127. The van der Waals surface area contributed by atoms with E-state index in [0.29, 0.717) is 20.9 Å². The second kappa shape index (κ2) is 9.87. The maximum Gasteiger partial charge on any atom is 0.380 e. The van der Waals surface area contributed by atoms with E-state index in [1.54, 1.807) is 24.3 Å². The fourth-order valence-electron chi connectivity index (χ4n) is 5.19. The smallest absolute Gasteiger partial charge is 0.194 e. The van der Waals surface area contributed by atoms with Crippen molar-refractivity contribution in [2.45, 2.75) is 45.5 Å². The minimum absolute atomic E-state index is 0.230. The molecule has 0 amide bonds. The van der Waals surface area contributed by atoms with Crippen LogP contribution in [0.1, 0.15) is 32.0 Å². The molecule has 0 atom stereocenters. The molecule has 1 aliphatic carbocycles. The van der Waals surface area contributed by atoms with Gasteiger partial charge in [-0.15, -0.1) is 22.7 Å². The number of thiophene rings is 2. The predicted molar refractivity (Wildman–Crippen MR) is 166 cm³/mol. The van der Waals surface area contributed by atoms with Crippen LogP contribution in [-0.4, -0.2) is 17.8 Å². The van der Waals surface area contributed by atoms with Crippen molar-refractivity contribution in [1.29, 1.82) is 0 Å². The molecule has 39 heavy (non-hydrogen) atoms. The summed E-state index contributed by atoms with van der Waals surface area (Å²) in [6.45, 7) is 6.10. The fourth-order valence-corrected chi connectivity index (χ4v) is 8.25. The van der Waals surface area contributed by atoms with Gasteiger partial charge in [-0.25, -0.2) is 0 Å². The number of alkyl halides is 6. The Morgan fingerprint density at radius 3 is 1.15 bits per heavy atom. The van der Waals surface area contributed by atoms with Crippen LogP contribution in [0.4, 0.5) is 26.3 Å². The maximum absolute atomic E-state index is 15.7. The van der Waals surface area contributed by atoms with Crippen molar-refractivity contribution in [3.8, 4) is 20.9 Å². The summed E-state index contributed by atoms with van der Waals surface area (Å²) in [6, 6.07) is 14.6. The molecule has 10 heteroatoms. The molecule has 0 saturated carbocycles. The Bertz CT molecular complexity index is 1510. The first-order valence-electron chi connectivity index (χ1n) is 11.7. The van der Waals surface area contributed by atoms with Crippen LogP contribution < -0.4 is 0 Å². The van der Waals surface area contributed by atoms with Gasteiger partial charge in [-0.2, -0.15) is 26.3 Å². The molecule has 0 spiro atoms. The SMILES string of the molecule is Cc1sc(-c2ccc(I)cc2)c(C)c1C1=C(c2c(C)sc(-c3ccc(I)cc3)c2C)C(F)(F)C(F)(F)C1(F)F. The van der Waals surface area contributed by atoms with Gasteiger partial charge in [0.1, 0.15) is 0 Å². The van der Waals surface area contributed by atoms with E-state index < -0.39 is 28.9 Å². The third-order valence-electron chi connectivity index (χ3n) is 7.03. The van der Waals surface area contributed by atoms with Gasteiger partial charge in [-0.1, -0.05) is 24.3 Å². The van der Waals surface area contributed by atoms with Gasteiger partial charge in [0.05, 0.1) is 0 Å². The number of allylic oxidation sites excluding steroid dienone is 2. The lowest BCUT2D eigenvalue weighted by atomic mass is 9.90. The lowest BCUT2D eigenvalue weighted by Crippen LogP contribution is -2.49. The van der Waals surface area contributed by atoms with E-state index in [1.807, 2.05) is 24.3 Å². The molecule has 4 aromatic rings. The van der Waals surface area contributed by atoms with Gasteiger partial charge in [0.25, 0.3) is 0 Å². The molecule has 0 radical (unpaired) electrons. The van der Waals surface area contributed by atoms with Crippen molar-refractivity contribution in [3.05, 3.63) is 87.7 Å². The van der Waals surface area contributed by atoms with E-state index in [2.05, 4.69) is 45.2 Å². The van der Waals surface area contributed by atoms with E-state index in [9.17, 15) is 0 Å². The van der Waals surface area contributed by atoms with Crippen molar-refractivity contribution in [2.75, 3.05) is 0 Å². The molecular formula is C29H20F6I2S2. The van der Waals surface area contributed by atoms with Crippen LogP contribution in [-0.2, 0) is 0 Å². The first kappa shape index (κ1) is 29.1. The Balaban J connectivity index is 1.84. The molecule has 1 aliphatic rings. The zero-order valence-electron chi connectivity index (χ0n) is 21.0. The molecule has 0 nitrogen and oxygen atoms in total. The molecule has 2 aromatic heterocycles. The standard InChI is InChI=1S/C29H20F6I2S2/c1-13-21(15(3)38-25(13)17-5-9-19(36)10-6-17)23-24(28(32,33)29(34,35)27(23,30)31)22-14(2)26(39-16(22)4)18-7-11-20(37)12-8-18/h5-12H,1-4H3. The summed E-state index contributed by atoms with van der Waals surface area (Å²) < 4.78 is 94.9. The predicted octanol–water partition coefficient (Wildman–Crippen LogP) is 11.4. The molecule has 0 unspecified atom stereocenters. The van der Waals surface area contributed by atoms with Crippen LogP contribution in [0, 0.1) is 34.8 Å². The van der Waals surface area contributed by atoms with Gasteiger partial charge >= 0.3 is 17.8 Å². The minimum atomic E-state index is -5.60. The summed E-state index contributed by atoms with van der Waals surface area (Å²) in [4.78, 5) is 1.73. The van der Waals surface area contributed by atoms with E-state index in [0.717, 1.165) is 29.8 Å². The van der Waals surface area contributed by atoms with E-state index in [1.165, 1.54) is 27.7 Å². The summed E-state index contributed by atoms with van der Waals surface area (Å²) in [6.07, 6.45) is 0. The molecule has 0 saturated heterocycles. The molecule has 0 bridgehead atoms. The summed E-state index contributed by atoms with van der Waals surface area (Å²) >= 11 is 6.54. The highest BCUT2D eigenvalue weighted by molar-refractivity contribution is 14.1. The largest absolute Gasteiger partial charge is 0.380 e. The van der Waals surface area contributed by atoms with Gasteiger partial charge in [0.2, 0.25) is 0 Å². The van der Waals surface area contributed by atoms with E-state index in [4.69, 9.17) is 0 Å². The molecule has 2 heterocycles. The van der Waals surface area contributed by atoms with Crippen molar-refractivity contribution in [3.63, 3.8) is 0 Å². The zero-order chi connectivity index (χ0) is 28.7. The summed E-state index contributed by atoms with van der Waals surface area (Å²) in [7, 11) is 0. The monoisotopic (exact) mass is 800 g/mol. The minimum Gasteiger partial charge on any atom is -0.194 e. The van der Waals surface area contributed by atoms with Crippen LogP contribution in [0.15, 0.2) is 48.5 Å². The quantitative estimate of drug-likeness (QED) is 0.142. The molecule has 5 rings (SSSR count). The lowest BCUT2D eigenvalue weighted by Gasteiger charge is -2.26. The average Bonchev–Trinajstić information content (AvgIpc) is 3.35. The van der Waals surface area contributed by atoms with Crippen molar-refractivity contribution >= 4 is 79.0 Å². The van der Waals surface area contributed by atoms with Gasteiger partial charge < -0.3 is 0 Å². The van der Waals surface area contributed by atoms with Crippen LogP contribution in [0.25, 0.3) is 32.0 Å².